The molecule has 5 heteroatoms. The van der Waals surface area contributed by atoms with Crippen molar-refractivity contribution >= 4 is 5.91 Å². The van der Waals surface area contributed by atoms with E-state index in [2.05, 4.69) is 5.32 Å². The Morgan fingerprint density at radius 3 is 2.52 bits per heavy atom. The Morgan fingerprint density at radius 1 is 1.12 bits per heavy atom. The van der Waals surface area contributed by atoms with Crippen LogP contribution < -0.4 is 10.1 Å². The molecule has 4 nitrogen and oxygen atoms in total. The zero-order valence-electron chi connectivity index (χ0n) is 14.0. The lowest BCUT2D eigenvalue weighted by atomic mass is 9.87. The number of halogens is 1. The van der Waals surface area contributed by atoms with E-state index in [9.17, 15) is 14.3 Å². The van der Waals surface area contributed by atoms with Gasteiger partial charge in [0.25, 0.3) is 5.91 Å². The summed E-state index contributed by atoms with van der Waals surface area (Å²) in [7, 11) is 0. The minimum Gasteiger partial charge on any atom is -0.505 e. The molecule has 0 aliphatic heterocycles. The van der Waals surface area contributed by atoms with Crippen LogP contribution in [0.25, 0.3) is 0 Å². The molecule has 0 radical (unpaired) electrons. The summed E-state index contributed by atoms with van der Waals surface area (Å²) in [5, 5.41) is 12.0. The van der Waals surface area contributed by atoms with Crippen LogP contribution in [0.1, 0.15) is 36.0 Å². The first-order valence-electron chi connectivity index (χ1n) is 8.60. The van der Waals surface area contributed by atoms with Crippen molar-refractivity contribution in [3.8, 4) is 11.5 Å². The highest BCUT2D eigenvalue weighted by molar-refractivity contribution is 5.94. The molecule has 1 aliphatic carbocycles. The second-order valence-corrected chi connectivity index (χ2v) is 6.45. The van der Waals surface area contributed by atoms with Crippen molar-refractivity contribution in [2.75, 3.05) is 6.54 Å². The van der Waals surface area contributed by atoms with E-state index >= 15 is 0 Å². The highest BCUT2D eigenvalue weighted by Gasteiger charge is 2.23. The first kappa shape index (κ1) is 17.3. The van der Waals surface area contributed by atoms with Crippen LogP contribution in [0.15, 0.2) is 48.5 Å². The largest absolute Gasteiger partial charge is 0.505 e. The van der Waals surface area contributed by atoms with Gasteiger partial charge in [0.05, 0.1) is 6.10 Å². The monoisotopic (exact) mass is 343 g/mol. The summed E-state index contributed by atoms with van der Waals surface area (Å²) >= 11 is 0. The summed E-state index contributed by atoms with van der Waals surface area (Å²) in [6.07, 6.45) is 4.12. The predicted molar refractivity (Wildman–Crippen MR) is 93.2 cm³/mol. The number of benzene rings is 2. The SMILES string of the molecule is O=C(NCC1CCC(Oc2ccccc2)CC1)c1ccc(O)c(F)c1. The second-order valence-electron chi connectivity index (χ2n) is 6.45. The highest BCUT2D eigenvalue weighted by atomic mass is 19.1. The third-order valence-electron chi connectivity index (χ3n) is 4.60. The zero-order chi connectivity index (χ0) is 17.6. The van der Waals surface area contributed by atoms with Gasteiger partial charge in [-0.15, -0.1) is 0 Å². The van der Waals surface area contributed by atoms with Gasteiger partial charge in [0, 0.05) is 12.1 Å². The molecule has 0 bridgehead atoms. The van der Waals surface area contributed by atoms with Crippen LogP contribution in [0.3, 0.4) is 0 Å². The fourth-order valence-corrected chi connectivity index (χ4v) is 3.13. The third-order valence-corrected chi connectivity index (χ3v) is 4.60. The standard InChI is InChI=1S/C20H22FNO3/c21-18-12-15(8-11-19(18)23)20(24)22-13-14-6-9-17(10-7-14)25-16-4-2-1-3-5-16/h1-5,8,11-12,14,17,23H,6-7,9-10,13H2,(H,22,24). The molecule has 2 N–H and O–H groups in total. The normalized spacial score (nSPS) is 20.0. The van der Waals surface area contributed by atoms with Crippen LogP contribution in [0.5, 0.6) is 11.5 Å². The molecule has 1 fully saturated rings. The Bertz CT molecular complexity index is 712. The van der Waals surface area contributed by atoms with Gasteiger partial charge in [-0.3, -0.25) is 4.79 Å². The molecule has 1 amide bonds. The second kappa shape index (κ2) is 8.01. The van der Waals surface area contributed by atoms with Gasteiger partial charge in [-0.2, -0.15) is 0 Å². The Morgan fingerprint density at radius 2 is 1.84 bits per heavy atom. The van der Waals surface area contributed by atoms with Crippen molar-refractivity contribution in [2.24, 2.45) is 5.92 Å². The van der Waals surface area contributed by atoms with Crippen molar-refractivity contribution in [3.63, 3.8) is 0 Å². The molecule has 0 atom stereocenters. The number of phenolic OH excluding ortho intramolecular Hbond substituents is 1. The topological polar surface area (TPSA) is 58.6 Å². The predicted octanol–water partition coefficient (Wildman–Crippen LogP) is 3.90. The van der Waals surface area contributed by atoms with E-state index in [1.807, 2.05) is 30.3 Å². The van der Waals surface area contributed by atoms with Crippen LogP contribution in [0.2, 0.25) is 0 Å². The fraction of sp³-hybridized carbons (Fsp3) is 0.350. The smallest absolute Gasteiger partial charge is 0.251 e. The van der Waals surface area contributed by atoms with E-state index in [0.29, 0.717) is 12.5 Å². The molecular weight excluding hydrogens is 321 g/mol. The lowest BCUT2D eigenvalue weighted by Gasteiger charge is -2.29. The minimum atomic E-state index is -0.786. The number of phenols is 1. The van der Waals surface area contributed by atoms with Crippen LogP contribution in [-0.4, -0.2) is 23.7 Å². The lowest BCUT2D eigenvalue weighted by molar-refractivity contribution is 0.0928. The Kier molecular flexibility index (Phi) is 5.53. The molecule has 1 aliphatic rings. The van der Waals surface area contributed by atoms with Crippen molar-refractivity contribution < 1.29 is 19.0 Å². The number of rotatable bonds is 5. The maximum atomic E-state index is 13.3. The summed E-state index contributed by atoms with van der Waals surface area (Å²) in [5.41, 5.74) is 0.219. The number of carbonyl (C=O) groups excluding carboxylic acids is 1. The van der Waals surface area contributed by atoms with Crippen molar-refractivity contribution in [3.05, 3.63) is 59.9 Å². The van der Waals surface area contributed by atoms with Gasteiger partial charge in [0.2, 0.25) is 0 Å². The van der Waals surface area contributed by atoms with Gasteiger partial charge in [0.15, 0.2) is 11.6 Å². The first-order valence-corrected chi connectivity index (χ1v) is 8.60. The molecule has 1 saturated carbocycles. The number of ether oxygens (including phenoxy) is 1. The number of nitrogens with one attached hydrogen (secondary N) is 1. The molecule has 0 unspecified atom stereocenters. The average molecular weight is 343 g/mol. The van der Waals surface area contributed by atoms with Crippen molar-refractivity contribution in [2.45, 2.75) is 31.8 Å². The number of aromatic hydroxyl groups is 1. The molecule has 25 heavy (non-hydrogen) atoms. The molecule has 0 spiro atoms. The highest BCUT2D eigenvalue weighted by Crippen LogP contribution is 2.27. The van der Waals surface area contributed by atoms with E-state index in [1.54, 1.807) is 0 Å². The molecule has 0 heterocycles. The lowest BCUT2D eigenvalue weighted by Crippen LogP contribution is -2.33. The molecule has 0 saturated heterocycles. The van der Waals surface area contributed by atoms with E-state index < -0.39 is 11.6 Å². The fourth-order valence-electron chi connectivity index (χ4n) is 3.13. The van der Waals surface area contributed by atoms with E-state index in [4.69, 9.17) is 4.74 Å². The number of para-hydroxylation sites is 1. The third kappa shape index (κ3) is 4.72. The average Bonchev–Trinajstić information content (AvgIpc) is 2.64. The van der Waals surface area contributed by atoms with Crippen LogP contribution in [0.4, 0.5) is 4.39 Å². The number of carbonyl (C=O) groups is 1. The Balaban J connectivity index is 1.43. The zero-order valence-corrected chi connectivity index (χ0v) is 14.0. The summed E-state index contributed by atoms with van der Waals surface area (Å²) < 4.78 is 19.3. The van der Waals surface area contributed by atoms with Gasteiger partial charge in [-0.05, 0) is 61.9 Å². The Labute approximate surface area is 146 Å². The molecular formula is C20H22FNO3. The molecule has 2 aromatic rings. The van der Waals surface area contributed by atoms with Crippen LogP contribution in [0, 0.1) is 11.7 Å². The first-order chi connectivity index (χ1) is 12.1. The van der Waals surface area contributed by atoms with Gasteiger partial charge in [0.1, 0.15) is 5.75 Å². The minimum absolute atomic E-state index is 0.219. The van der Waals surface area contributed by atoms with Crippen molar-refractivity contribution in [1.29, 1.82) is 0 Å². The van der Waals surface area contributed by atoms with E-state index in [0.717, 1.165) is 37.5 Å². The number of hydrogen-bond donors (Lipinski definition) is 2. The van der Waals surface area contributed by atoms with Gasteiger partial charge in [-0.1, -0.05) is 18.2 Å². The number of hydrogen-bond acceptors (Lipinski definition) is 3. The van der Waals surface area contributed by atoms with E-state index in [-0.39, 0.29) is 17.6 Å². The molecule has 2 aromatic carbocycles. The number of amides is 1. The maximum absolute atomic E-state index is 13.3. The quantitative estimate of drug-likeness (QED) is 0.866. The Hall–Kier alpha value is -2.56. The van der Waals surface area contributed by atoms with Gasteiger partial charge in [-0.25, -0.2) is 4.39 Å². The van der Waals surface area contributed by atoms with Gasteiger partial charge < -0.3 is 15.2 Å². The summed E-state index contributed by atoms with van der Waals surface area (Å²) in [4.78, 5) is 12.1. The summed E-state index contributed by atoms with van der Waals surface area (Å²) in [6, 6.07) is 13.5. The van der Waals surface area contributed by atoms with Crippen LogP contribution in [-0.2, 0) is 0 Å². The molecule has 0 aromatic heterocycles. The maximum Gasteiger partial charge on any atom is 0.251 e. The van der Waals surface area contributed by atoms with E-state index in [1.165, 1.54) is 12.1 Å². The summed E-state index contributed by atoms with van der Waals surface area (Å²) in [6.45, 7) is 0.569. The molecule has 132 valence electrons. The molecule has 3 rings (SSSR count). The van der Waals surface area contributed by atoms with Crippen molar-refractivity contribution in [1.82, 2.24) is 5.32 Å². The van der Waals surface area contributed by atoms with Gasteiger partial charge >= 0.3 is 0 Å². The summed E-state index contributed by atoms with van der Waals surface area (Å²) in [5.74, 6) is -0.254. The van der Waals surface area contributed by atoms with Crippen LogP contribution >= 0.6 is 0 Å².